The lowest BCUT2D eigenvalue weighted by Gasteiger charge is -2.23. The number of aromatic nitrogens is 3. The summed E-state index contributed by atoms with van der Waals surface area (Å²) in [6.07, 6.45) is 0.432. The third-order valence-electron chi connectivity index (χ3n) is 4.72. The van der Waals surface area contributed by atoms with Crippen molar-refractivity contribution in [2.24, 2.45) is 0 Å². The Labute approximate surface area is 191 Å². The van der Waals surface area contributed by atoms with E-state index in [9.17, 15) is 19.7 Å². The summed E-state index contributed by atoms with van der Waals surface area (Å²) in [7, 11) is 0. The van der Waals surface area contributed by atoms with Gasteiger partial charge in [0.05, 0.1) is 4.92 Å². The van der Waals surface area contributed by atoms with Crippen LogP contribution in [0, 0.1) is 10.1 Å². The number of urea groups is 1. The number of amides is 3. The third kappa shape index (κ3) is 5.06. The molecule has 32 heavy (non-hydrogen) atoms. The highest BCUT2D eigenvalue weighted by Gasteiger charge is 2.26. The van der Waals surface area contributed by atoms with Crippen LogP contribution in [-0.2, 0) is 17.0 Å². The summed E-state index contributed by atoms with van der Waals surface area (Å²) in [5.74, 6) is 0.654. The molecule has 1 atom stereocenters. The minimum atomic E-state index is -0.538. The SMILES string of the molecule is O=C1CC(Cc2nnc(SCc3cccc([N+](=O)[O-])c3)n2-c2ccc(Cl)cc2)NC(=O)N1. The second-order valence-corrected chi connectivity index (χ2v) is 8.43. The fourth-order valence-electron chi connectivity index (χ4n) is 3.30. The van der Waals surface area contributed by atoms with E-state index in [0.29, 0.717) is 28.2 Å². The molecule has 4 rings (SSSR count). The van der Waals surface area contributed by atoms with Crippen LogP contribution in [0.2, 0.25) is 5.02 Å². The first-order valence-electron chi connectivity index (χ1n) is 9.56. The number of hydrogen-bond donors (Lipinski definition) is 2. The highest BCUT2D eigenvalue weighted by atomic mass is 35.5. The maximum atomic E-state index is 11.7. The van der Waals surface area contributed by atoms with Crippen molar-refractivity contribution >= 4 is 41.0 Å². The Kier molecular flexibility index (Phi) is 6.37. The van der Waals surface area contributed by atoms with Gasteiger partial charge in [-0.25, -0.2) is 4.79 Å². The van der Waals surface area contributed by atoms with Crippen molar-refractivity contribution in [3.05, 3.63) is 75.1 Å². The maximum absolute atomic E-state index is 11.7. The van der Waals surface area contributed by atoms with Crippen LogP contribution in [-0.4, -0.2) is 37.7 Å². The lowest BCUT2D eigenvalue weighted by molar-refractivity contribution is -0.384. The normalized spacial score (nSPS) is 15.8. The molecule has 1 aliphatic rings. The summed E-state index contributed by atoms with van der Waals surface area (Å²) in [6.45, 7) is 0. The average Bonchev–Trinajstić information content (AvgIpc) is 3.14. The lowest BCUT2D eigenvalue weighted by atomic mass is 10.1. The Morgan fingerprint density at radius 1 is 1.19 bits per heavy atom. The van der Waals surface area contributed by atoms with Gasteiger partial charge in [0.15, 0.2) is 5.16 Å². The van der Waals surface area contributed by atoms with Crippen LogP contribution in [0.1, 0.15) is 17.8 Å². The zero-order valence-corrected chi connectivity index (χ0v) is 18.1. The van der Waals surface area contributed by atoms with E-state index < -0.39 is 17.0 Å². The van der Waals surface area contributed by atoms with Crippen LogP contribution in [0.3, 0.4) is 0 Å². The van der Waals surface area contributed by atoms with E-state index in [0.717, 1.165) is 11.3 Å². The van der Waals surface area contributed by atoms with Crippen molar-refractivity contribution in [3.8, 4) is 5.69 Å². The van der Waals surface area contributed by atoms with Gasteiger partial charge in [0.2, 0.25) is 5.91 Å². The Hall–Kier alpha value is -3.44. The van der Waals surface area contributed by atoms with E-state index in [1.54, 1.807) is 24.3 Å². The van der Waals surface area contributed by atoms with Crippen LogP contribution >= 0.6 is 23.4 Å². The van der Waals surface area contributed by atoms with Gasteiger partial charge in [-0.15, -0.1) is 10.2 Å². The molecule has 12 heteroatoms. The number of halogens is 1. The maximum Gasteiger partial charge on any atom is 0.321 e. The largest absolute Gasteiger partial charge is 0.334 e. The summed E-state index contributed by atoms with van der Waals surface area (Å²) in [5.41, 5.74) is 1.56. The average molecular weight is 473 g/mol. The molecular weight excluding hydrogens is 456 g/mol. The molecule has 0 saturated carbocycles. The Balaban J connectivity index is 1.61. The highest BCUT2D eigenvalue weighted by Crippen LogP contribution is 2.28. The molecular formula is C20H17ClN6O4S. The van der Waals surface area contributed by atoms with Gasteiger partial charge in [-0.1, -0.05) is 35.5 Å². The quantitative estimate of drug-likeness (QED) is 0.306. The zero-order chi connectivity index (χ0) is 22.7. The van der Waals surface area contributed by atoms with Gasteiger partial charge < -0.3 is 5.32 Å². The molecule has 0 bridgehead atoms. The number of nitrogens with one attached hydrogen (secondary N) is 2. The first-order valence-corrected chi connectivity index (χ1v) is 10.9. The van der Waals surface area contributed by atoms with Crippen molar-refractivity contribution in [1.82, 2.24) is 25.4 Å². The smallest absolute Gasteiger partial charge is 0.321 e. The van der Waals surface area contributed by atoms with E-state index in [1.165, 1.54) is 23.9 Å². The Morgan fingerprint density at radius 2 is 1.97 bits per heavy atom. The topological polar surface area (TPSA) is 132 Å². The number of nitro groups is 1. The van der Waals surface area contributed by atoms with Crippen molar-refractivity contribution in [2.45, 2.75) is 29.8 Å². The monoisotopic (exact) mass is 472 g/mol. The second kappa shape index (κ2) is 9.37. The van der Waals surface area contributed by atoms with E-state index >= 15 is 0 Å². The second-order valence-electron chi connectivity index (χ2n) is 7.05. The number of benzene rings is 2. The van der Waals surface area contributed by atoms with Crippen molar-refractivity contribution < 1.29 is 14.5 Å². The summed E-state index contributed by atoms with van der Waals surface area (Å²) < 4.78 is 1.83. The molecule has 1 saturated heterocycles. The minimum Gasteiger partial charge on any atom is -0.334 e. The van der Waals surface area contributed by atoms with Gasteiger partial charge in [0.25, 0.3) is 5.69 Å². The van der Waals surface area contributed by atoms with Crippen molar-refractivity contribution in [2.75, 3.05) is 0 Å². The molecule has 1 unspecified atom stereocenters. The van der Waals surface area contributed by atoms with Gasteiger partial charge in [-0.2, -0.15) is 0 Å². The molecule has 1 fully saturated rings. The molecule has 0 spiro atoms. The van der Waals surface area contributed by atoms with Crippen LogP contribution in [0.4, 0.5) is 10.5 Å². The molecule has 2 N–H and O–H groups in total. The number of non-ortho nitro benzene ring substituents is 1. The Bertz CT molecular complexity index is 1170. The van der Waals surface area contributed by atoms with Crippen molar-refractivity contribution in [1.29, 1.82) is 0 Å². The fourth-order valence-corrected chi connectivity index (χ4v) is 4.34. The van der Waals surface area contributed by atoms with Gasteiger partial charge in [0.1, 0.15) is 5.82 Å². The summed E-state index contributed by atoms with van der Waals surface area (Å²) in [4.78, 5) is 34.0. The van der Waals surface area contributed by atoms with Crippen LogP contribution < -0.4 is 10.6 Å². The number of nitro benzene ring substituents is 1. The molecule has 1 aromatic heterocycles. The lowest BCUT2D eigenvalue weighted by Crippen LogP contribution is -2.53. The van der Waals surface area contributed by atoms with Gasteiger partial charge >= 0.3 is 6.03 Å². The number of thioether (sulfide) groups is 1. The molecule has 164 valence electrons. The summed E-state index contributed by atoms with van der Waals surface area (Å²) in [5, 5.41) is 25.7. The Morgan fingerprint density at radius 3 is 2.69 bits per heavy atom. The number of carbonyl (C=O) groups is 2. The number of nitrogens with zero attached hydrogens (tertiary/aromatic N) is 4. The van der Waals surface area contributed by atoms with Crippen LogP contribution in [0.5, 0.6) is 0 Å². The minimum absolute atomic E-state index is 0.0225. The van der Waals surface area contributed by atoms with E-state index in [-0.39, 0.29) is 18.0 Å². The predicted molar refractivity (Wildman–Crippen MR) is 118 cm³/mol. The van der Waals surface area contributed by atoms with E-state index in [1.807, 2.05) is 16.7 Å². The van der Waals surface area contributed by atoms with Crippen LogP contribution in [0.15, 0.2) is 53.7 Å². The molecule has 10 nitrogen and oxygen atoms in total. The fraction of sp³-hybridized carbons (Fsp3) is 0.200. The standard InChI is InChI=1S/C20H17ClN6O4S/c21-13-4-6-15(7-5-13)26-17(9-14-10-18(28)23-19(29)22-14)24-25-20(26)32-11-12-2-1-3-16(8-12)27(30)31/h1-8,14H,9-11H2,(H2,22,23,28,29). The van der Waals surface area contributed by atoms with Gasteiger partial charge in [-0.3, -0.25) is 24.8 Å². The number of hydrogen-bond acceptors (Lipinski definition) is 7. The molecule has 3 aromatic rings. The molecule has 1 aliphatic heterocycles. The highest BCUT2D eigenvalue weighted by molar-refractivity contribution is 7.98. The molecule has 0 aliphatic carbocycles. The molecule has 2 heterocycles. The molecule has 2 aromatic carbocycles. The van der Waals surface area contributed by atoms with Gasteiger partial charge in [-0.05, 0) is 29.8 Å². The number of imide groups is 1. The van der Waals surface area contributed by atoms with Crippen molar-refractivity contribution in [3.63, 3.8) is 0 Å². The molecule has 0 radical (unpaired) electrons. The number of carbonyl (C=O) groups excluding carboxylic acids is 2. The number of rotatable bonds is 7. The first-order chi connectivity index (χ1) is 15.4. The van der Waals surface area contributed by atoms with Crippen LogP contribution in [0.25, 0.3) is 5.69 Å². The zero-order valence-electron chi connectivity index (χ0n) is 16.5. The van der Waals surface area contributed by atoms with E-state index in [2.05, 4.69) is 20.8 Å². The predicted octanol–water partition coefficient (Wildman–Crippen LogP) is 3.26. The van der Waals surface area contributed by atoms with E-state index in [4.69, 9.17) is 11.6 Å². The summed E-state index contributed by atoms with van der Waals surface area (Å²) in [6, 6.07) is 12.6. The molecule has 3 amide bonds. The van der Waals surface area contributed by atoms with Gasteiger partial charge in [0, 0.05) is 47.5 Å². The summed E-state index contributed by atoms with van der Waals surface area (Å²) >= 11 is 7.40. The third-order valence-corrected chi connectivity index (χ3v) is 5.98. The first kappa shape index (κ1) is 21.8.